The van der Waals surface area contributed by atoms with Crippen LogP contribution in [0.5, 0.6) is 5.75 Å². The van der Waals surface area contributed by atoms with Crippen molar-refractivity contribution in [1.29, 1.82) is 0 Å². The summed E-state index contributed by atoms with van der Waals surface area (Å²) in [4.78, 5) is 22.6. The molecule has 12 heteroatoms. The zero-order valence-corrected chi connectivity index (χ0v) is 16.1. The van der Waals surface area contributed by atoms with Crippen LogP contribution in [0.3, 0.4) is 0 Å². The Kier molecular flexibility index (Phi) is 6.02. The molecule has 1 aromatic heterocycles. The number of nitrogens with one attached hydrogen (secondary N) is 1. The van der Waals surface area contributed by atoms with Crippen LogP contribution in [0, 0.1) is 22.9 Å². The molecule has 150 valence electrons. The lowest BCUT2D eigenvalue weighted by Crippen LogP contribution is -2.16. The third kappa shape index (κ3) is 4.66. The second kappa shape index (κ2) is 8.65. The van der Waals surface area contributed by atoms with E-state index in [9.17, 15) is 19.3 Å². The number of nitro benzene ring substituents is 1. The highest BCUT2D eigenvalue weighted by Gasteiger charge is 2.19. The molecule has 3 rings (SSSR count). The first-order valence-corrected chi connectivity index (χ1v) is 9.17. The van der Waals surface area contributed by atoms with Crippen molar-refractivity contribution < 1.29 is 18.8 Å². The fourth-order valence-electron chi connectivity index (χ4n) is 2.47. The van der Waals surface area contributed by atoms with Crippen LogP contribution in [0.1, 0.15) is 5.56 Å². The van der Waals surface area contributed by atoms with Crippen molar-refractivity contribution >= 4 is 29.0 Å². The van der Waals surface area contributed by atoms with Crippen molar-refractivity contribution in [3.05, 3.63) is 57.9 Å². The highest BCUT2D eigenvalue weighted by atomic mass is 32.2. The van der Waals surface area contributed by atoms with Gasteiger partial charge < -0.3 is 10.1 Å². The van der Waals surface area contributed by atoms with Crippen LogP contribution in [-0.2, 0) is 4.79 Å². The summed E-state index contributed by atoms with van der Waals surface area (Å²) < 4.78 is 20.1. The predicted octanol–water partition coefficient (Wildman–Crippen LogP) is 2.76. The summed E-state index contributed by atoms with van der Waals surface area (Å²) in [5.74, 6) is -0.879. The van der Waals surface area contributed by atoms with Crippen LogP contribution < -0.4 is 10.1 Å². The number of hydrogen-bond acceptors (Lipinski definition) is 8. The van der Waals surface area contributed by atoms with Crippen LogP contribution in [0.25, 0.3) is 5.69 Å². The second-order valence-corrected chi connectivity index (χ2v) is 6.75. The number of anilines is 1. The summed E-state index contributed by atoms with van der Waals surface area (Å²) in [6, 6.07) is 8.31. The van der Waals surface area contributed by atoms with E-state index in [-0.39, 0.29) is 11.4 Å². The normalized spacial score (nSPS) is 10.6. The van der Waals surface area contributed by atoms with E-state index in [1.165, 1.54) is 11.8 Å². The number of thioether (sulfide) groups is 1. The topological polar surface area (TPSA) is 125 Å². The Morgan fingerprint density at radius 3 is 2.86 bits per heavy atom. The lowest BCUT2D eigenvalue weighted by molar-refractivity contribution is -0.384. The van der Waals surface area contributed by atoms with E-state index in [4.69, 9.17) is 4.74 Å². The maximum absolute atomic E-state index is 13.4. The molecular weight excluding hydrogens is 403 g/mol. The fraction of sp³-hybridized carbons (Fsp3) is 0.176. The van der Waals surface area contributed by atoms with Gasteiger partial charge in [0.05, 0.1) is 17.8 Å². The summed E-state index contributed by atoms with van der Waals surface area (Å²) >= 11 is 1.02. The first-order valence-electron chi connectivity index (χ1n) is 8.19. The van der Waals surface area contributed by atoms with E-state index in [1.807, 2.05) is 19.1 Å². The molecule has 0 saturated heterocycles. The maximum Gasteiger partial charge on any atom is 0.292 e. The zero-order chi connectivity index (χ0) is 21.0. The monoisotopic (exact) mass is 418 g/mol. The number of nitro groups is 1. The van der Waals surface area contributed by atoms with Gasteiger partial charge in [0.25, 0.3) is 5.69 Å². The fourth-order valence-corrected chi connectivity index (χ4v) is 3.15. The molecule has 1 amide bonds. The standard InChI is InChI=1S/C17H15FN6O4S/c1-10-3-6-15(28-2)14(7-10)23-17(20-21-22-23)29-9-16(25)19-12-8-11(18)4-5-13(12)24(26)27/h3-8H,9H2,1-2H3,(H,19,25). The van der Waals surface area contributed by atoms with Gasteiger partial charge in [0.15, 0.2) is 0 Å². The van der Waals surface area contributed by atoms with Crippen molar-refractivity contribution in [2.45, 2.75) is 12.1 Å². The van der Waals surface area contributed by atoms with Gasteiger partial charge in [-0.2, -0.15) is 4.68 Å². The molecule has 1 N–H and O–H groups in total. The van der Waals surface area contributed by atoms with E-state index in [0.29, 0.717) is 16.6 Å². The van der Waals surface area contributed by atoms with Gasteiger partial charge in [-0.05, 0) is 41.1 Å². The number of nitrogens with zero attached hydrogens (tertiary/aromatic N) is 5. The highest BCUT2D eigenvalue weighted by molar-refractivity contribution is 7.99. The number of methoxy groups -OCH3 is 1. The largest absolute Gasteiger partial charge is 0.494 e. The molecule has 3 aromatic rings. The molecular formula is C17H15FN6O4S. The first-order chi connectivity index (χ1) is 13.9. The average Bonchev–Trinajstić information content (AvgIpc) is 3.14. The molecule has 0 unspecified atom stereocenters. The number of tetrazole rings is 1. The Labute approximate surface area is 168 Å². The van der Waals surface area contributed by atoms with Crippen LogP contribution in [0.2, 0.25) is 0 Å². The zero-order valence-electron chi connectivity index (χ0n) is 15.3. The molecule has 2 aromatic carbocycles. The molecule has 0 aliphatic carbocycles. The van der Waals surface area contributed by atoms with Gasteiger partial charge in [0.1, 0.15) is 22.9 Å². The highest BCUT2D eigenvalue weighted by Crippen LogP contribution is 2.28. The number of ether oxygens (including phenoxy) is 1. The summed E-state index contributed by atoms with van der Waals surface area (Å²) in [7, 11) is 1.52. The van der Waals surface area contributed by atoms with Gasteiger partial charge in [-0.15, -0.1) is 5.10 Å². The van der Waals surface area contributed by atoms with Crippen LogP contribution in [-0.4, -0.2) is 43.9 Å². The van der Waals surface area contributed by atoms with Crippen molar-refractivity contribution in [2.75, 3.05) is 18.2 Å². The third-order valence-electron chi connectivity index (χ3n) is 3.77. The van der Waals surface area contributed by atoms with Gasteiger partial charge in [0, 0.05) is 12.1 Å². The Hall–Kier alpha value is -3.54. The minimum absolute atomic E-state index is 0.151. The van der Waals surface area contributed by atoms with Crippen LogP contribution >= 0.6 is 11.8 Å². The molecule has 1 heterocycles. The van der Waals surface area contributed by atoms with Gasteiger partial charge in [-0.25, -0.2) is 4.39 Å². The van der Waals surface area contributed by atoms with Crippen molar-refractivity contribution in [1.82, 2.24) is 20.2 Å². The SMILES string of the molecule is COc1ccc(C)cc1-n1nnnc1SCC(=O)Nc1cc(F)ccc1[N+](=O)[O-]. The number of rotatable bonds is 7. The lowest BCUT2D eigenvalue weighted by atomic mass is 10.2. The number of carbonyl (C=O) groups excluding carboxylic acids is 1. The minimum atomic E-state index is -0.702. The summed E-state index contributed by atoms with van der Waals surface area (Å²) in [6.07, 6.45) is 0. The Morgan fingerprint density at radius 1 is 1.34 bits per heavy atom. The first kappa shape index (κ1) is 20.2. The van der Waals surface area contributed by atoms with E-state index < -0.39 is 22.3 Å². The van der Waals surface area contributed by atoms with Gasteiger partial charge in [-0.3, -0.25) is 14.9 Å². The molecule has 0 fully saturated rings. The number of benzene rings is 2. The molecule has 0 atom stereocenters. The van der Waals surface area contributed by atoms with Crippen LogP contribution in [0.15, 0.2) is 41.6 Å². The number of aryl methyl sites for hydroxylation is 1. The number of halogens is 1. The Balaban J connectivity index is 1.75. The molecule has 0 aliphatic heterocycles. The van der Waals surface area contributed by atoms with Gasteiger partial charge in [0.2, 0.25) is 11.1 Å². The molecule has 0 radical (unpaired) electrons. The summed E-state index contributed by atoms with van der Waals surface area (Å²) in [5, 5.41) is 25.2. The molecule has 0 bridgehead atoms. The Bertz CT molecular complexity index is 1070. The number of amides is 1. The van der Waals surface area contributed by atoms with Gasteiger partial charge >= 0.3 is 0 Å². The van der Waals surface area contributed by atoms with E-state index in [0.717, 1.165) is 35.5 Å². The molecule has 10 nitrogen and oxygen atoms in total. The maximum atomic E-state index is 13.4. The van der Waals surface area contributed by atoms with Gasteiger partial charge in [-0.1, -0.05) is 17.8 Å². The quantitative estimate of drug-likeness (QED) is 0.353. The lowest BCUT2D eigenvalue weighted by Gasteiger charge is -2.10. The van der Waals surface area contributed by atoms with Crippen molar-refractivity contribution in [3.63, 3.8) is 0 Å². The van der Waals surface area contributed by atoms with E-state index in [2.05, 4.69) is 20.8 Å². The van der Waals surface area contributed by atoms with Crippen LogP contribution in [0.4, 0.5) is 15.8 Å². The number of carbonyl (C=O) groups is 1. The molecule has 0 saturated carbocycles. The summed E-state index contributed by atoms with van der Waals surface area (Å²) in [6.45, 7) is 1.90. The molecule has 0 spiro atoms. The third-order valence-corrected chi connectivity index (χ3v) is 4.68. The Morgan fingerprint density at radius 2 is 2.14 bits per heavy atom. The number of aromatic nitrogens is 4. The van der Waals surface area contributed by atoms with Crippen molar-refractivity contribution in [2.24, 2.45) is 0 Å². The molecule has 0 aliphatic rings. The van der Waals surface area contributed by atoms with E-state index >= 15 is 0 Å². The smallest absolute Gasteiger partial charge is 0.292 e. The summed E-state index contributed by atoms with van der Waals surface area (Å²) in [5.41, 5.74) is 0.934. The molecule has 29 heavy (non-hydrogen) atoms. The average molecular weight is 418 g/mol. The second-order valence-electron chi connectivity index (χ2n) is 5.80. The van der Waals surface area contributed by atoms with E-state index in [1.54, 1.807) is 6.07 Å². The minimum Gasteiger partial charge on any atom is -0.494 e. The number of hydrogen-bond donors (Lipinski definition) is 1. The predicted molar refractivity (Wildman–Crippen MR) is 103 cm³/mol. The van der Waals surface area contributed by atoms with Crippen molar-refractivity contribution in [3.8, 4) is 11.4 Å².